The summed E-state index contributed by atoms with van der Waals surface area (Å²) in [5.74, 6) is -0.00810. The van der Waals surface area contributed by atoms with Crippen LogP contribution in [0.25, 0.3) is 0 Å². The van der Waals surface area contributed by atoms with E-state index in [1.54, 1.807) is 12.1 Å². The van der Waals surface area contributed by atoms with E-state index in [-0.39, 0.29) is 11.2 Å². The molecule has 0 aliphatic rings. The summed E-state index contributed by atoms with van der Waals surface area (Å²) in [4.78, 5) is 12.5. The summed E-state index contributed by atoms with van der Waals surface area (Å²) in [6.07, 6.45) is -0.443. The molecule has 2 nitrogen and oxygen atoms in total. The van der Waals surface area contributed by atoms with Gasteiger partial charge in [0.15, 0.2) is 5.78 Å². The summed E-state index contributed by atoms with van der Waals surface area (Å²) in [6.45, 7) is 10.3. The molecule has 100 valence electrons. The first-order chi connectivity index (χ1) is 8.27. The fourth-order valence-corrected chi connectivity index (χ4v) is 1.96. The van der Waals surface area contributed by atoms with E-state index in [4.69, 9.17) is 16.3 Å². The molecule has 0 spiro atoms. The number of benzene rings is 1. The van der Waals surface area contributed by atoms with Crippen LogP contribution in [0.1, 0.15) is 43.6 Å². The van der Waals surface area contributed by atoms with Gasteiger partial charge in [0.1, 0.15) is 6.10 Å². The Bertz CT molecular complexity index is 433. The van der Waals surface area contributed by atoms with Crippen LogP contribution < -0.4 is 0 Å². The van der Waals surface area contributed by atoms with E-state index in [9.17, 15) is 4.79 Å². The molecule has 0 heterocycles. The minimum Gasteiger partial charge on any atom is -0.370 e. The third kappa shape index (κ3) is 3.56. The van der Waals surface area contributed by atoms with Crippen LogP contribution in [0.4, 0.5) is 0 Å². The molecule has 1 atom stereocenters. The molecular formula is C15H21ClO2. The number of halogens is 1. The van der Waals surface area contributed by atoms with Gasteiger partial charge in [-0.2, -0.15) is 0 Å². The van der Waals surface area contributed by atoms with Crippen LogP contribution in [0.15, 0.2) is 18.2 Å². The van der Waals surface area contributed by atoms with Gasteiger partial charge in [-0.25, -0.2) is 0 Å². The SMILES string of the molecule is CCOC(C(=O)c1ccc(C)c(Cl)c1)C(C)(C)C. The monoisotopic (exact) mass is 268 g/mol. The first-order valence-corrected chi connectivity index (χ1v) is 6.57. The van der Waals surface area contributed by atoms with Gasteiger partial charge in [-0.1, -0.05) is 44.5 Å². The maximum absolute atomic E-state index is 12.5. The third-order valence-electron chi connectivity index (χ3n) is 2.81. The highest BCUT2D eigenvalue weighted by Gasteiger charge is 2.32. The van der Waals surface area contributed by atoms with Crippen molar-refractivity contribution >= 4 is 17.4 Å². The number of carbonyl (C=O) groups excluding carboxylic acids is 1. The van der Waals surface area contributed by atoms with Crippen molar-refractivity contribution in [3.8, 4) is 0 Å². The van der Waals surface area contributed by atoms with E-state index in [1.807, 2.05) is 40.7 Å². The molecule has 1 rings (SSSR count). The predicted molar refractivity (Wildman–Crippen MR) is 75.4 cm³/mol. The predicted octanol–water partition coefficient (Wildman–Crippen LogP) is 4.28. The minimum absolute atomic E-state index is 0.00810. The van der Waals surface area contributed by atoms with Crippen LogP contribution in [-0.2, 0) is 4.74 Å². The fraction of sp³-hybridized carbons (Fsp3) is 0.533. The lowest BCUT2D eigenvalue weighted by Crippen LogP contribution is -2.37. The zero-order chi connectivity index (χ0) is 13.9. The van der Waals surface area contributed by atoms with Crippen molar-refractivity contribution in [3.63, 3.8) is 0 Å². The molecular weight excluding hydrogens is 248 g/mol. The second-order valence-electron chi connectivity index (χ2n) is 5.53. The smallest absolute Gasteiger partial charge is 0.192 e. The van der Waals surface area contributed by atoms with Gasteiger partial charge in [-0.05, 0) is 30.9 Å². The second kappa shape index (κ2) is 5.85. The molecule has 0 radical (unpaired) electrons. The van der Waals surface area contributed by atoms with Gasteiger partial charge in [0, 0.05) is 17.2 Å². The summed E-state index contributed by atoms with van der Waals surface area (Å²) >= 11 is 6.06. The maximum atomic E-state index is 12.5. The van der Waals surface area contributed by atoms with E-state index in [0.717, 1.165) is 5.56 Å². The van der Waals surface area contributed by atoms with E-state index < -0.39 is 6.10 Å². The number of ketones is 1. The fourth-order valence-electron chi connectivity index (χ4n) is 1.78. The number of aryl methyl sites for hydroxylation is 1. The van der Waals surface area contributed by atoms with Gasteiger partial charge in [0.05, 0.1) is 0 Å². The Kier molecular flexibility index (Phi) is 4.94. The molecule has 0 aliphatic heterocycles. The largest absolute Gasteiger partial charge is 0.370 e. The molecule has 0 fully saturated rings. The average Bonchev–Trinajstić information content (AvgIpc) is 2.27. The van der Waals surface area contributed by atoms with Crippen molar-refractivity contribution in [2.45, 2.75) is 40.7 Å². The van der Waals surface area contributed by atoms with Crippen LogP contribution in [-0.4, -0.2) is 18.5 Å². The van der Waals surface area contributed by atoms with Crippen LogP contribution >= 0.6 is 11.6 Å². The molecule has 0 aromatic heterocycles. The normalized spacial score (nSPS) is 13.4. The van der Waals surface area contributed by atoms with Crippen molar-refractivity contribution in [1.82, 2.24) is 0 Å². The second-order valence-corrected chi connectivity index (χ2v) is 5.94. The Labute approximate surface area is 114 Å². The lowest BCUT2D eigenvalue weighted by molar-refractivity contribution is -0.000218. The van der Waals surface area contributed by atoms with Crippen LogP contribution in [0.2, 0.25) is 5.02 Å². The highest BCUT2D eigenvalue weighted by Crippen LogP contribution is 2.27. The summed E-state index contributed by atoms with van der Waals surface area (Å²) in [6, 6.07) is 5.39. The van der Waals surface area contributed by atoms with Gasteiger partial charge in [-0.15, -0.1) is 0 Å². The quantitative estimate of drug-likeness (QED) is 0.762. The van der Waals surface area contributed by atoms with Crippen molar-refractivity contribution in [2.24, 2.45) is 5.41 Å². The Morgan fingerprint density at radius 2 is 2.00 bits per heavy atom. The lowest BCUT2D eigenvalue weighted by atomic mass is 9.84. The van der Waals surface area contributed by atoms with Crippen LogP contribution in [0.5, 0.6) is 0 Å². The van der Waals surface area contributed by atoms with E-state index in [0.29, 0.717) is 17.2 Å². The first kappa shape index (κ1) is 15.2. The minimum atomic E-state index is -0.443. The van der Waals surface area contributed by atoms with Crippen LogP contribution in [0, 0.1) is 12.3 Å². The van der Waals surface area contributed by atoms with Gasteiger partial charge in [0.25, 0.3) is 0 Å². The number of hydrogen-bond acceptors (Lipinski definition) is 2. The highest BCUT2D eigenvalue weighted by atomic mass is 35.5. The van der Waals surface area contributed by atoms with E-state index >= 15 is 0 Å². The molecule has 0 saturated carbocycles. The van der Waals surface area contributed by atoms with Crippen molar-refractivity contribution in [1.29, 1.82) is 0 Å². The Morgan fingerprint density at radius 1 is 1.39 bits per heavy atom. The van der Waals surface area contributed by atoms with E-state index in [1.165, 1.54) is 0 Å². The first-order valence-electron chi connectivity index (χ1n) is 6.19. The molecule has 1 aromatic rings. The molecule has 0 saturated heterocycles. The summed E-state index contributed by atoms with van der Waals surface area (Å²) in [7, 11) is 0. The number of hydrogen-bond donors (Lipinski definition) is 0. The average molecular weight is 269 g/mol. The molecule has 0 amide bonds. The highest BCUT2D eigenvalue weighted by molar-refractivity contribution is 6.31. The number of carbonyl (C=O) groups is 1. The molecule has 1 aromatic carbocycles. The zero-order valence-electron chi connectivity index (χ0n) is 11.7. The molecule has 0 N–H and O–H groups in total. The summed E-state index contributed by atoms with van der Waals surface area (Å²) < 4.78 is 5.60. The Balaban J connectivity index is 3.06. The van der Waals surface area contributed by atoms with Crippen LogP contribution in [0.3, 0.4) is 0 Å². The molecule has 3 heteroatoms. The van der Waals surface area contributed by atoms with Gasteiger partial charge in [0.2, 0.25) is 0 Å². The van der Waals surface area contributed by atoms with Gasteiger partial charge >= 0.3 is 0 Å². The number of ether oxygens (including phenoxy) is 1. The molecule has 18 heavy (non-hydrogen) atoms. The van der Waals surface area contributed by atoms with Gasteiger partial charge in [-0.3, -0.25) is 4.79 Å². The molecule has 0 bridgehead atoms. The van der Waals surface area contributed by atoms with Gasteiger partial charge < -0.3 is 4.74 Å². The Morgan fingerprint density at radius 3 is 2.44 bits per heavy atom. The topological polar surface area (TPSA) is 26.3 Å². The van der Waals surface area contributed by atoms with Crippen molar-refractivity contribution in [3.05, 3.63) is 34.3 Å². The van der Waals surface area contributed by atoms with E-state index in [2.05, 4.69) is 0 Å². The number of Topliss-reactive ketones (excluding diaryl/α,β-unsaturated/α-hetero) is 1. The molecule has 0 aliphatic carbocycles. The number of rotatable bonds is 4. The Hall–Kier alpha value is -0.860. The maximum Gasteiger partial charge on any atom is 0.192 e. The molecule has 1 unspecified atom stereocenters. The standard InChI is InChI=1S/C15H21ClO2/c1-6-18-14(15(3,4)5)13(17)11-8-7-10(2)12(16)9-11/h7-9,14H,6H2,1-5H3. The van der Waals surface area contributed by atoms with Crippen molar-refractivity contribution in [2.75, 3.05) is 6.61 Å². The summed E-state index contributed by atoms with van der Waals surface area (Å²) in [5, 5.41) is 0.616. The zero-order valence-corrected chi connectivity index (χ0v) is 12.5. The van der Waals surface area contributed by atoms with Crippen molar-refractivity contribution < 1.29 is 9.53 Å². The lowest BCUT2D eigenvalue weighted by Gasteiger charge is -2.29. The summed E-state index contributed by atoms with van der Waals surface area (Å²) in [5.41, 5.74) is 1.35. The third-order valence-corrected chi connectivity index (χ3v) is 3.22.